The van der Waals surface area contributed by atoms with E-state index in [0.29, 0.717) is 0 Å². The first kappa shape index (κ1) is 11.9. The van der Waals surface area contributed by atoms with E-state index in [1.165, 1.54) is 0 Å². The fraction of sp³-hybridized carbons (Fsp3) is 0.154. The van der Waals surface area contributed by atoms with Gasteiger partial charge in [0.1, 0.15) is 10.6 Å². The van der Waals surface area contributed by atoms with Gasteiger partial charge in [0.15, 0.2) is 0 Å². The van der Waals surface area contributed by atoms with Crippen molar-refractivity contribution in [2.75, 3.05) is 7.11 Å². The predicted molar refractivity (Wildman–Crippen MR) is 69.8 cm³/mol. The molecule has 4 heteroatoms. The van der Waals surface area contributed by atoms with Crippen molar-refractivity contribution in [3.8, 4) is 5.75 Å². The summed E-state index contributed by atoms with van der Waals surface area (Å²) >= 11 is 3.14. The number of benzene rings is 2. The number of hydrogen-bond acceptors (Lipinski definition) is 2. The van der Waals surface area contributed by atoms with Crippen molar-refractivity contribution in [2.45, 2.75) is 4.83 Å². The fourth-order valence-electron chi connectivity index (χ4n) is 1.67. The molecule has 0 aromatic heterocycles. The van der Waals surface area contributed by atoms with Crippen LogP contribution in [0, 0.1) is 0 Å². The Morgan fingerprint density at radius 3 is 2.53 bits per heavy atom. The first-order chi connectivity index (χ1) is 8.11. The Morgan fingerprint density at radius 1 is 1.24 bits per heavy atom. The van der Waals surface area contributed by atoms with Gasteiger partial charge in [-0.1, -0.05) is 34.1 Å². The van der Waals surface area contributed by atoms with Gasteiger partial charge in [-0.15, -0.1) is 0 Å². The Hall–Kier alpha value is -1.55. The molecule has 0 saturated carbocycles. The number of rotatable bonds is 3. The van der Waals surface area contributed by atoms with Crippen molar-refractivity contribution < 1.29 is 14.6 Å². The summed E-state index contributed by atoms with van der Waals surface area (Å²) in [6.07, 6.45) is 0. The molecule has 2 aromatic rings. The van der Waals surface area contributed by atoms with Crippen molar-refractivity contribution in [3.05, 3.63) is 42.0 Å². The molecule has 0 saturated heterocycles. The van der Waals surface area contributed by atoms with Crippen LogP contribution in [0.15, 0.2) is 36.4 Å². The van der Waals surface area contributed by atoms with Crippen LogP contribution in [-0.4, -0.2) is 18.2 Å². The summed E-state index contributed by atoms with van der Waals surface area (Å²) in [4.78, 5) is 10.2. The quantitative estimate of drug-likeness (QED) is 0.883. The first-order valence-corrected chi connectivity index (χ1v) is 5.98. The standard InChI is InChI=1S/C13H11BrO3/c1-17-11-5-4-8-6-10(12(14)13(15)16)3-2-9(8)7-11/h2-7,12H,1H3,(H,15,16). The van der Waals surface area contributed by atoms with E-state index < -0.39 is 10.8 Å². The first-order valence-electron chi connectivity index (χ1n) is 5.06. The molecule has 2 rings (SSSR count). The molecule has 0 aliphatic carbocycles. The fourth-order valence-corrected chi connectivity index (χ4v) is 1.95. The van der Waals surface area contributed by atoms with Crippen LogP contribution in [0.2, 0.25) is 0 Å². The molecule has 0 spiro atoms. The highest BCUT2D eigenvalue weighted by Crippen LogP contribution is 2.28. The summed E-state index contributed by atoms with van der Waals surface area (Å²) in [6.45, 7) is 0. The molecular weight excluding hydrogens is 284 g/mol. The zero-order chi connectivity index (χ0) is 12.4. The van der Waals surface area contributed by atoms with E-state index >= 15 is 0 Å². The van der Waals surface area contributed by atoms with Crippen LogP contribution in [0.25, 0.3) is 10.8 Å². The average molecular weight is 295 g/mol. The number of hydrogen-bond donors (Lipinski definition) is 1. The monoisotopic (exact) mass is 294 g/mol. The SMILES string of the molecule is COc1ccc2cc(C(Br)C(=O)O)ccc2c1. The van der Waals surface area contributed by atoms with Gasteiger partial charge in [-0.2, -0.15) is 0 Å². The van der Waals surface area contributed by atoms with Gasteiger partial charge in [-0.25, -0.2) is 0 Å². The van der Waals surface area contributed by atoms with Crippen molar-refractivity contribution in [2.24, 2.45) is 0 Å². The molecule has 2 aromatic carbocycles. The second kappa shape index (κ2) is 4.75. The summed E-state index contributed by atoms with van der Waals surface area (Å²) in [7, 11) is 1.62. The number of methoxy groups -OCH3 is 1. The van der Waals surface area contributed by atoms with Crippen molar-refractivity contribution in [1.82, 2.24) is 0 Å². The topological polar surface area (TPSA) is 46.5 Å². The van der Waals surface area contributed by atoms with E-state index in [1.807, 2.05) is 30.3 Å². The molecule has 0 heterocycles. The van der Waals surface area contributed by atoms with Crippen molar-refractivity contribution >= 4 is 32.7 Å². The number of carboxylic acid groups (broad SMARTS) is 1. The average Bonchev–Trinajstić information content (AvgIpc) is 2.36. The summed E-state index contributed by atoms with van der Waals surface area (Å²) in [5, 5.41) is 10.9. The van der Waals surface area contributed by atoms with Crippen LogP contribution in [0.1, 0.15) is 10.4 Å². The highest BCUT2D eigenvalue weighted by Gasteiger charge is 2.15. The van der Waals surface area contributed by atoms with E-state index in [9.17, 15) is 4.79 Å². The minimum Gasteiger partial charge on any atom is -0.497 e. The van der Waals surface area contributed by atoms with Gasteiger partial charge < -0.3 is 9.84 Å². The molecule has 88 valence electrons. The number of carboxylic acids is 1. The lowest BCUT2D eigenvalue weighted by atomic mass is 10.0. The van der Waals surface area contributed by atoms with Gasteiger partial charge in [-0.3, -0.25) is 4.79 Å². The Balaban J connectivity index is 2.48. The lowest BCUT2D eigenvalue weighted by Crippen LogP contribution is -2.03. The van der Waals surface area contributed by atoms with Gasteiger partial charge in [0.05, 0.1) is 7.11 Å². The maximum Gasteiger partial charge on any atom is 0.321 e. The van der Waals surface area contributed by atoms with E-state index in [2.05, 4.69) is 15.9 Å². The molecule has 0 amide bonds. The van der Waals surface area contributed by atoms with E-state index in [-0.39, 0.29) is 0 Å². The van der Waals surface area contributed by atoms with Gasteiger partial charge in [0.2, 0.25) is 0 Å². The molecule has 1 atom stereocenters. The number of fused-ring (bicyclic) bond motifs is 1. The zero-order valence-electron chi connectivity index (χ0n) is 9.18. The number of aliphatic carboxylic acids is 1. The highest BCUT2D eigenvalue weighted by atomic mass is 79.9. The zero-order valence-corrected chi connectivity index (χ0v) is 10.8. The van der Waals surface area contributed by atoms with Crippen LogP contribution in [0.4, 0.5) is 0 Å². The third-order valence-electron chi connectivity index (χ3n) is 2.58. The lowest BCUT2D eigenvalue weighted by Gasteiger charge is -2.07. The van der Waals surface area contributed by atoms with Gasteiger partial charge >= 0.3 is 5.97 Å². The van der Waals surface area contributed by atoms with Crippen LogP contribution in [-0.2, 0) is 4.79 Å². The van der Waals surface area contributed by atoms with Crippen LogP contribution >= 0.6 is 15.9 Å². The summed E-state index contributed by atoms with van der Waals surface area (Å²) in [5.41, 5.74) is 0.732. The minimum atomic E-state index is -0.891. The van der Waals surface area contributed by atoms with Crippen molar-refractivity contribution in [3.63, 3.8) is 0 Å². The van der Waals surface area contributed by atoms with E-state index in [1.54, 1.807) is 13.2 Å². The molecule has 0 aliphatic rings. The highest BCUT2D eigenvalue weighted by molar-refractivity contribution is 9.09. The Labute approximate surface area is 107 Å². The largest absolute Gasteiger partial charge is 0.497 e. The summed E-state index contributed by atoms with van der Waals surface area (Å²) < 4.78 is 5.13. The molecular formula is C13H11BrO3. The number of halogens is 1. The van der Waals surface area contributed by atoms with Crippen LogP contribution in [0.3, 0.4) is 0 Å². The smallest absolute Gasteiger partial charge is 0.321 e. The van der Waals surface area contributed by atoms with Gasteiger partial charge in [0, 0.05) is 0 Å². The Bertz CT molecular complexity index is 566. The molecule has 1 unspecified atom stereocenters. The second-order valence-electron chi connectivity index (χ2n) is 3.67. The van der Waals surface area contributed by atoms with Crippen LogP contribution < -0.4 is 4.74 Å². The number of ether oxygens (including phenoxy) is 1. The molecule has 17 heavy (non-hydrogen) atoms. The molecule has 0 radical (unpaired) electrons. The predicted octanol–water partition coefficient (Wildman–Crippen LogP) is 3.37. The normalized spacial score (nSPS) is 12.4. The van der Waals surface area contributed by atoms with Gasteiger partial charge in [-0.05, 0) is 34.5 Å². The van der Waals surface area contributed by atoms with E-state index in [0.717, 1.165) is 22.1 Å². The second-order valence-corrected chi connectivity index (χ2v) is 4.59. The third kappa shape index (κ3) is 2.42. The van der Waals surface area contributed by atoms with Gasteiger partial charge in [0.25, 0.3) is 0 Å². The minimum absolute atomic E-state index is 0.672. The molecule has 0 aliphatic heterocycles. The van der Waals surface area contributed by atoms with Crippen molar-refractivity contribution in [1.29, 1.82) is 0 Å². The maximum absolute atomic E-state index is 10.9. The Kier molecular flexibility index (Phi) is 3.33. The molecule has 0 fully saturated rings. The third-order valence-corrected chi connectivity index (χ3v) is 3.50. The van der Waals surface area contributed by atoms with Crippen LogP contribution in [0.5, 0.6) is 5.75 Å². The molecule has 0 bridgehead atoms. The molecule has 3 nitrogen and oxygen atoms in total. The Morgan fingerprint density at radius 2 is 1.88 bits per heavy atom. The summed E-state index contributed by atoms with van der Waals surface area (Å²) in [6, 6.07) is 11.3. The number of carbonyl (C=O) groups is 1. The summed E-state index contributed by atoms with van der Waals surface area (Å²) in [5.74, 6) is -0.100. The van der Waals surface area contributed by atoms with E-state index in [4.69, 9.17) is 9.84 Å². The molecule has 1 N–H and O–H groups in total. The number of alkyl halides is 1. The lowest BCUT2D eigenvalue weighted by molar-refractivity contribution is -0.136. The maximum atomic E-state index is 10.9.